The van der Waals surface area contributed by atoms with Gasteiger partial charge in [-0.15, -0.1) is 0 Å². The minimum absolute atomic E-state index is 0.0121. The molecule has 2 aliphatic heterocycles. The molecule has 0 amide bonds. The Hall–Kier alpha value is -3.50. The molecule has 10 nitrogen and oxygen atoms in total. The van der Waals surface area contributed by atoms with Crippen LogP contribution >= 0.6 is 0 Å². The van der Waals surface area contributed by atoms with E-state index in [1.54, 1.807) is 0 Å². The highest BCUT2D eigenvalue weighted by Gasteiger charge is 2.49. The first-order chi connectivity index (χ1) is 21.3. The molecule has 3 aromatic rings. The average Bonchev–Trinajstić information content (AvgIpc) is 3.81. The van der Waals surface area contributed by atoms with Gasteiger partial charge in [0.1, 0.15) is 11.9 Å². The molecule has 0 radical (unpaired) electrons. The fourth-order valence-electron chi connectivity index (χ4n) is 8.43. The first-order valence-corrected chi connectivity index (χ1v) is 16.3. The van der Waals surface area contributed by atoms with Gasteiger partial charge in [-0.1, -0.05) is 11.2 Å². The number of ether oxygens (including phenoxy) is 1. The SMILES string of the molecule is C=NCc1c(N)ccc2c1[C@]1(CCCc3c(-c4nc(O[C@@H](C)[C@@H]5CCCN5C)cc(N5CCC(N(C)C)C5)n4)noc31)CC2. The van der Waals surface area contributed by atoms with Gasteiger partial charge in [0.25, 0.3) is 0 Å². The van der Waals surface area contributed by atoms with Gasteiger partial charge in [-0.05, 0) is 110 Å². The predicted octanol–water partition coefficient (Wildman–Crippen LogP) is 4.48. The molecule has 2 saturated heterocycles. The monoisotopic (exact) mass is 598 g/mol. The topological polar surface area (TPSA) is 109 Å². The van der Waals surface area contributed by atoms with E-state index in [4.69, 9.17) is 30.1 Å². The Bertz CT molecular complexity index is 1550. The van der Waals surface area contributed by atoms with Crippen molar-refractivity contribution < 1.29 is 9.26 Å². The van der Waals surface area contributed by atoms with Crippen LogP contribution in [-0.2, 0) is 24.8 Å². The minimum atomic E-state index is -0.268. The number of anilines is 2. The number of fused-ring (bicyclic) bond motifs is 4. The van der Waals surface area contributed by atoms with E-state index in [1.807, 2.05) is 12.1 Å². The Kier molecular flexibility index (Phi) is 7.61. The predicted molar refractivity (Wildman–Crippen MR) is 174 cm³/mol. The van der Waals surface area contributed by atoms with Crippen LogP contribution in [0.4, 0.5) is 11.5 Å². The Morgan fingerprint density at radius 1 is 1.18 bits per heavy atom. The molecular weight excluding hydrogens is 552 g/mol. The summed E-state index contributed by atoms with van der Waals surface area (Å²) in [5.74, 6) is 3.02. The van der Waals surface area contributed by atoms with E-state index in [0.29, 0.717) is 30.3 Å². The van der Waals surface area contributed by atoms with E-state index in [-0.39, 0.29) is 11.5 Å². The molecule has 1 spiro atoms. The van der Waals surface area contributed by atoms with Crippen molar-refractivity contribution in [2.45, 2.75) is 88.4 Å². The van der Waals surface area contributed by atoms with Gasteiger partial charge in [0, 0.05) is 48.1 Å². The number of aryl methyl sites for hydroxylation is 1. The zero-order valence-electron chi connectivity index (χ0n) is 26.7. The van der Waals surface area contributed by atoms with Crippen LogP contribution in [0.25, 0.3) is 11.5 Å². The molecule has 2 fully saturated rings. The van der Waals surface area contributed by atoms with E-state index in [9.17, 15) is 0 Å². The Morgan fingerprint density at radius 3 is 2.80 bits per heavy atom. The van der Waals surface area contributed by atoms with E-state index in [1.165, 1.54) is 17.5 Å². The zero-order valence-corrected chi connectivity index (χ0v) is 26.7. The number of nitrogens with zero attached hydrogens (tertiary/aromatic N) is 7. The smallest absolute Gasteiger partial charge is 0.219 e. The van der Waals surface area contributed by atoms with Crippen LogP contribution in [0.2, 0.25) is 0 Å². The Morgan fingerprint density at radius 2 is 2.05 bits per heavy atom. The summed E-state index contributed by atoms with van der Waals surface area (Å²) in [6.07, 6.45) is 8.29. The van der Waals surface area contributed by atoms with Crippen LogP contribution < -0.4 is 15.4 Å². The summed E-state index contributed by atoms with van der Waals surface area (Å²) >= 11 is 0. The third kappa shape index (κ3) is 4.86. The number of likely N-dealkylation sites (tertiary alicyclic amines) is 1. The molecule has 10 heteroatoms. The fourth-order valence-corrected chi connectivity index (χ4v) is 8.43. The van der Waals surface area contributed by atoms with Crippen molar-refractivity contribution in [2.24, 2.45) is 4.99 Å². The normalized spacial score (nSPS) is 25.5. The number of hydrogen-bond donors (Lipinski definition) is 1. The average molecular weight is 599 g/mol. The molecule has 4 heterocycles. The highest BCUT2D eigenvalue weighted by molar-refractivity contribution is 5.66. The van der Waals surface area contributed by atoms with Crippen LogP contribution in [-0.4, -0.2) is 90.6 Å². The van der Waals surface area contributed by atoms with Gasteiger partial charge >= 0.3 is 0 Å². The maximum Gasteiger partial charge on any atom is 0.219 e. The highest BCUT2D eigenvalue weighted by atomic mass is 16.5. The molecular formula is C34H46N8O2. The van der Waals surface area contributed by atoms with Crippen LogP contribution in [0.3, 0.4) is 0 Å². The van der Waals surface area contributed by atoms with Gasteiger partial charge in [-0.3, -0.25) is 9.89 Å². The maximum absolute atomic E-state index is 6.60. The standard InChI is InChI=1S/C34H46N8O2/c1-21(27-9-7-16-41(27)5)43-29-18-28(42-17-13-23(20-42)40(3)4)37-33(38-29)31-24-8-6-14-34(32(24)44-39-31)15-12-22-10-11-26(35)25(19-36-2)30(22)34/h10-11,18,21,23,27H,2,6-9,12-17,19-20,35H2,1,3-5H3/t21-,23?,27-,34-/m0/s1. The first-order valence-electron chi connectivity index (χ1n) is 16.3. The third-order valence-corrected chi connectivity index (χ3v) is 10.8. The molecule has 4 aliphatic rings. The number of likely N-dealkylation sites (N-methyl/N-ethyl adjacent to an activating group) is 2. The summed E-state index contributed by atoms with van der Waals surface area (Å²) in [6.45, 7) is 9.40. The molecule has 0 bridgehead atoms. The summed E-state index contributed by atoms with van der Waals surface area (Å²) in [6, 6.07) is 7.06. The molecule has 44 heavy (non-hydrogen) atoms. The van der Waals surface area contributed by atoms with Crippen molar-refractivity contribution in [3.63, 3.8) is 0 Å². The lowest BCUT2D eigenvalue weighted by atomic mass is 9.68. The largest absolute Gasteiger partial charge is 0.473 e. The van der Waals surface area contributed by atoms with E-state index in [0.717, 1.165) is 98.7 Å². The van der Waals surface area contributed by atoms with E-state index >= 15 is 0 Å². The Balaban J connectivity index is 1.29. The van der Waals surface area contributed by atoms with Crippen molar-refractivity contribution in [1.82, 2.24) is 24.9 Å². The molecule has 2 aromatic heterocycles. The summed E-state index contributed by atoms with van der Waals surface area (Å²) in [5.41, 5.74) is 12.5. The lowest BCUT2D eigenvalue weighted by molar-refractivity contribution is 0.117. The van der Waals surface area contributed by atoms with Crippen LogP contribution in [0, 0.1) is 0 Å². The van der Waals surface area contributed by atoms with Crippen molar-refractivity contribution in [1.29, 1.82) is 0 Å². The van der Waals surface area contributed by atoms with Crippen LogP contribution in [0.1, 0.15) is 73.5 Å². The first kappa shape index (κ1) is 29.2. The van der Waals surface area contributed by atoms with Crippen molar-refractivity contribution >= 4 is 18.2 Å². The lowest BCUT2D eigenvalue weighted by Crippen LogP contribution is -2.38. The van der Waals surface area contributed by atoms with Crippen molar-refractivity contribution in [3.8, 4) is 17.4 Å². The Labute approximate surface area is 260 Å². The summed E-state index contributed by atoms with van der Waals surface area (Å²) in [4.78, 5) is 21.4. The van der Waals surface area contributed by atoms with Gasteiger partial charge in [0.05, 0.1) is 12.0 Å². The molecule has 0 saturated carbocycles. The van der Waals surface area contributed by atoms with Crippen molar-refractivity contribution in [3.05, 3.63) is 46.2 Å². The van der Waals surface area contributed by atoms with Crippen molar-refractivity contribution in [2.75, 3.05) is 51.4 Å². The second-order valence-corrected chi connectivity index (χ2v) is 13.6. The number of aromatic nitrogens is 3. The molecule has 1 aromatic carbocycles. The highest BCUT2D eigenvalue weighted by Crippen LogP contribution is 2.54. The van der Waals surface area contributed by atoms with Gasteiger partial charge in [0.15, 0.2) is 17.3 Å². The summed E-state index contributed by atoms with van der Waals surface area (Å²) in [7, 11) is 6.48. The number of nitrogens with two attached hydrogens (primary N) is 1. The molecule has 1 unspecified atom stereocenters. The quantitative estimate of drug-likeness (QED) is 0.296. The number of aliphatic imine (C=N–C) groups is 1. The van der Waals surface area contributed by atoms with Crippen LogP contribution in [0.5, 0.6) is 5.88 Å². The second kappa shape index (κ2) is 11.5. The molecule has 4 atom stereocenters. The number of hydrogen-bond acceptors (Lipinski definition) is 10. The lowest BCUT2D eigenvalue weighted by Gasteiger charge is -2.34. The van der Waals surface area contributed by atoms with Crippen LogP contribution in [0.15, 0.2) is 27.7 Å². The maximum atomic E-state index is 6.60. The van der Waals surface area contributed by atoms with Gasteiger partial charge in [0.2, 0.25) is 5.88 Å². The van der Waals surface area contributed by atoms with Gasteiger partial charge in [-0.25, -0.2) is 4.98 Å². The molecule has 234 valence electrons. The molecule has 2 N–H and O–H groups in total. The number of rotatable bonds is 8. The van der Waals surface area contributed by atoms with E-state index < -0.39 is 0 Å². The second-order valence-electron chi connectivity index (χ2n) is 13.6. The molecule has 2 aliphatic carbocycles. The van der Waals surface area contributed by atoms with Gasteiger partial charge < -0.3 is 24.8 Å². The molecule has 7 rings (SSSR count). The minimum Gasteiger partial charge on any atom is -0.473 e. The summed E-state index contributed by atoms with van der Waals surface area (Å²) < 4.78 is 13.0. The zero-order chi connectivity index (χ0) is 30.6. The number of nitrogen functional groups attached to an aromatic ring is 1. The third-order valence-electron chi connectivity index (χ3n) is 10.8. The van der Waals surface area contributed by atoms with Gasteiger partial charge in [-0.2, -0.15) is 4.98 Å². The summed E-state index contributed by atoms with van der Waals surface area (Å²) in [5, 5.41) is 4.72. The number of benzene rings is 1. The fraction of sp³-hybridized carbons (Fsp3) is 0.588. The van der Waals surface area contributed by atoms with E-state index in [2.05, 4.69) is 60.5 Å².